The second-order valence-corrected chi connectivity index (χ2v) is 8.12. The number of halogens is 1. The molecule has 7 heteroatoms. The van der Waals surface area contributed by atoms with Crippen LogP contribution in [0.3, 0.4) is 0 Å². The fourth-order valence-electron chi connectivity index (χ4n) is 4.08. The molecule has 4 aromatic rings. The van der Waals surface area contributed by atoms with Gasteiger partial charge in [0.25, 0.3) is 0 Å². The fraction of sp³-hybridized carbons (Fsp3) is 0.0833. The number of carbonyl (C=O) groups is 2. The van der Waals surface area contributed by atoms with Crippen molar-refractivity contribution in [2.24, 2.45) is 0 Å². The van der Waals surface area contributed by atoms with Gasteiger partial charge in [-0.25, -0.2) is 9.59 Å². The molecule has 0 saturated carbocycles. The Hall–Kier alpha value is -3.58. The summed E-state index contributed by atoms with van der Waals surface area (Å²) in [7, 11) is 0. The summed E-state index contributed by atoms with van der Waals surface area (Å²) in [5, 5.41) is 12.5. The average molecular weight is 478 g/mol. The van der Waals surface area contributed by atoms with Gasteiger partial charge in [0, 0.05) is 15.8 Å². The molecule has 0 spiro atoms. The molecule has 0 atom stereocenters. The Labute approximate surface area is 185 Å². The Morgan fingerprint density at radius 1 is 1.00 bits per heavy atom. The van der Waals surface area contributed by atoms with Crippen LogP contribution < -0.4 is 5.32 Å². The Kier molecular flexibility index (Phi) is 4.75. The van der Waals surface area contributed by atoms with Crippen molar-refractivity contribution in [3.05, 3.63) is 88.1 Å². The Morgan fingerprint density at radius 3 is 2.29 bits per heavy atom. The van der Waals surface area contributed by atoms with E-state index in [4.69, 9.17) is 9.15 Å². The van der Waals surface area contributed by atoms with Crippen LogP contribution in [-0.4, -0.2) is 23.8 Å². The lowest BCUT2D eigenvalue weighted by Crippen LogP contribution is -2.18. The van der Waals surface area contributed by atoms with Crippen LogP contribution >= 0.6 is 15.9 Å². The van der Waals surface area contributed by atoms with E-state index in [1.165, 1.54) is 0 Å². The standard InChI is InChI=1S/C24H16BrNO5/c25-13-9-10-18-20(11-13)31-22(23(27)28)21(18)26-24(29)30-12-19-16-7-3-1-5-14(16)15-6-2-4-8-17(15)19/h1-11,19H,12H2,(H,26,29)(H,27,28). The molecule has 31 heavy (non-hydrogen) atoms. The van der Waals surface area contributed by atoms with Crippen molar-refractivity contribution in [1.82, 2.24) is 0 Å². The monoisotopic (exact) mass is 477 g/mol. The number of nitrogens with one attached hydrogen (secondary N) is 1. The number of hydrogen-bond acceptors (Lipinski definition) is 4. The van der Waals surface area contributed by atoms with E-state index >= 15 is 0 Å². The van der Waals surface area contributed by atoms with Gasteiger partial charge in [-0.05, 0) is 40.5 Å². The number of anilines is 1. The summed E-state index contributed by atoms with van der Waals surface area (Å²) >= 11 is 3.32. The predicted octanol–water partition coefficient (Wildman–Crippen LogP) is 6.25. The number of ether oxygens (including phenoxy) is 1. The van der Waals surface area contributed by atoms with E-state index < -0.39 is 12.1 Å². The van der Waals surface area contributed by atoms with Crippen molar-refractivity contribution in [3.63, 3.8) is 0 Å². The summed E-state index contributed by atoms with van der Waals surface area (Å²) in [6, 6.07) is 21.1. The first-order chi connectivity index (χ1) is 15.0. The molecule has 1 aromatic heterocycles. The zero-order valence-corrected chi connectivity index (χ0v) is 17.7. The number of carbonyl (C=O) groups excluding carboxylic acids is 1. The van der Waals surface area contributed by atoms with Crippen molar-refractivity contribution in [1.29, 1.82) is 0 Å². The van der Waals surface area contributed by atoms with Crippen molar-refractivity contribution in [2.45, 2.75) is 5.92 Å². The molecule has 0 fully saturated rings. The number of carboxylic acids is 1. The lowest BCUT2D eigenvalue weighted by molar-refractivity contribution is 0.0666. The van der Waals surface area contributed by atoms with E-state index in [-0.39, 0.29) is 24.0 Å². The SMILES string of the molecule is O=C(Nc1c(C(=O)O)oc2cc(Br)ccc12)OCC1c2ccccc2-c2ccccc21. The third-order valence-electron chi connectivity index (χ3n) is 5.42. The third-order valence-corrected chi connectivity index (χ3v) is 5.91. The molecule has 0 unspecified atom stereocenters. The molecule has 5 rings (SSSR count). The minimum atomic E-state index is -1.28. The number of benzene rings is 3. The van der Waals surface area contributed by atoms with Crippen LogP contribution in [0.2, 0.25) is 0 Å². The van der Waals surface area contributed by atoms with E-state index in [9.17, 15) is 14.7 Å². The fourth-order valence-corrected chi connectivity index (χ4v) is 4.42. The van der Waals surface area contributed by atoms with Crippen molar-refractivity contribution in [3.8, 4) is 11.1 Å². The number of hydrogen-bond donors (Lipinski definition) is 2. The van der Waals surface area contributed by atoms with Gasteiger partial charge < -0.3 is 14.3 Å². The highest BCUT2D eigenvalue weighted by Gasteiger charge is 2.29. The van der Waals surface area contributed by atoms with Gasteiger partial charge in [-0.15, -0.1) is 0 Å². The summed E-state index contributed by atoms with van der Waals surface area (Å²) in [6.07, 6.45) is -0.741. The van der Waals surface area contributed by atoms with Gasteiger partial charge in [-0.2, -0.15) is 0 Å². The summed E-state index contributed by atoms with van der Waals surface area (Å²) < 4.78 is 11.7. The topological polar surface area (TPSA) is 88.8 Å². The van der Waals surface area contributed by atoms with Gasteiger partial charge in [-0.3, -0.25) is 5.32 Å². The number of amides is 1. The van der Waals surface area contributed by atoms with Gasteiger partial charge in [0.2, 0.25) is 5.76 Å². The van der Waals surface area contributed by atoms with Crippen LogP contribution in [0.15, 0.2) is 75.6 Å². The predicted molar refractivity (Wildman–Crippen MR) is 120 cm³/mol. The van der Waals surface area contributed by atoms with Gasteiger partial charge in [-0.1, -0.05) is 64.5 Å². The van der Waals surface area contributed by atoms with Crippen molar-refractivity contribution < 1.29 is 23.8 Å². The molecule has 1 aliphatic carbocycles. The lowest BCUT2D eigenvalue weighted by atomic mass is 9.98. The molecule has 2 N–H and O–H groups in total. The van der Waals surface area contributed by atoms with Crippen LogP contribution in [0.5, 0.6) is 0 Å². The summed E-state index contributed by atoms with van der Waals surface area (Å²) in [5.41, 5.74) is 4.88. The van der Waals surface area contributed by atoms with Gasteiger partial charge in [0.05, 0.1) is 0 Å². The number of rotatable bonds is 4. The average Bonchev–Trinajstić information content (AvgIpc) is 3.28. The Morgan fingerprint density at radius 2 is 1.65 bits per heavy atom. The maximum absolute atomic E-state index is 12.6. The van der Waals surface area contributed by atoms with Crippen LogP contribution in [-0.2, 0) is 4.74 Å². The quantitative estimate of drug-likeness (QED) is 0.362. The molecular formula is C24H16BrNO5. The first-order valence-electron chi connectivity index (χ1n) is 9.60. The molecule has 0 bridgehead atoms. The smallest absolute Gasteiger partial charge is 0.411 e. The molecule has 0 radical (unpaired) electrons. The molecule has 6 nitrogen and oxygen atoms in total. The highest BCUT2D eigenvalue weighted by Crippen LogP contribution is 2.44. The maximum Gasteiger partial charge on any atom is 0.411 e. The van der Waals surface area contributed by atoms with Crippen molar-refractivity contribution in [2.75, 3.05) is 11.9 Å². The van der Waals surface area contributed by atoms with Gasteiger partial charge >= 0.3 is 12.1 Å². The maximum atomic E-state index is 12.6. The minimum absolute atomic E-state index is 0.0761. The zero-order chi connectivity index (χ0) is 21.5. The van der Waals surface area contributed by atoms with Crippen LogP contribution in [0.1, 0.15) is 27.6 Å². The Balaban J connectivity index is 1.39. The summed E-state index contributed by atoms with van der Waals surface area (Å²) in [5.74, 6) is -1.71. The molecule has 0 saturated heterocycles. The van der Waals surface area contributed by atoms with Gasteiger partial charge in [0.15, 0.2) is 0 Å². The van der Waals surface area contributed by atoms with E-state index in [0.29, 0.717) is 11.0 Å². The highest BCUT2D eigenvalue weighted by molar-refractivity contribution is 9.10. The largest absolute Gasteiger partial charge is 0.475 e. The Bertz CT molecular complexity index is 1300. The van der Waals surface area contributed by atoms with E-state index in [1.807, 2.05) is 36.4 Å². The molecule has 154 valence electrons. The first-order valence-corrected chi connectivity index (χ1v) is 10.4. The third kappa shape index (κ3) is 3.37. The normalized spacial score (nSPS) is 12.4. The van der Waals surface area contributed by atoms with Crippen LogP contribution in [0, 0.1) is 0 Å². The molecule has 0 aliphatic heterocycles. The van der Waals surface area contributed by atoms with Crippen LogP contribution in [0.25, 0.3) is 22.1 Å². The lowest BCUT2D eigenvalue weighted by Gasteiger charge is -2.14. The second kappa shape index (κ2) is 7.59. The van der Waals surface area contributed by atoms with Crippen LogP contribution in [0.4, 0.5) is 10.5 Å². The molecule has 3 aromatic carbocycles. The minimum Gasteiger partial charge on any atom is -0.475 e. The summed E-state index contributed by atoms with van der Waals surface area (Å²) in [6.45, 7) is 0.129. The molecule has 1 amide bonds. The summed E-state index contributed by atoms with van der Waals surface area (Å²) in [4.78, 5) is 24.2. The number of aromatic carboxylic acids is 1. The van der Waals surface area contributed by atoms with E-state index in [1.54, 1.807) is 18.2 Å². The van der Waals surface area contributed by atoms with Crippen molar-refractivity contribution >= 4 is 44.6 Å². The highest BCUT2D eigenvalue weighted by atomic mass is 79.9. The molecular weight excluding hydrogens is 462 g/mol. The first kappa shape index (κ1) is 19.4. The molecule has 1 aliphatic rings. The second-order valence-electron chi connectivity index (χ2n) is 7.20. The van der Waals surface area contributed by atoms with Gasteiger partial charge in [0.1, 0.15) is 17.9 Å². The zero-order valence-electron chi connectivity index (χ0n) is 16.1. The van der Waals surface area contributed by atoms with E-state index in [0.717, 1.165) is 26.7 Å². The number of carboxylic acid groups (broad SMARTS) is 1. The molecule has 1 heterocycles. The number of fused-ring (bicyclic) bond motifs is 4. The van der Waals surface area contributed by atoms with E-state index in [2.05, 4.69) is 33.4 Å². The number of furan rings is 1.